The molecule has 1 aromatic rings. The standard InChI is InChI=1S/C16H26N2O4.ClH/c1-6-7-16(2,17)15(19)18-10-11-8-13(21-4)14(22-5)9-12(11)20-3;/h8-9H,6-7,10,17H2,1-5H3,(H,18,19);1H. The zero-order chi connectivity index (χ0) is 16.8. The van der Waals surface area contributed by atoms with E-state index in [1.54, 1.807) is 40.4 Å². The second kappa shape index (κ2) is 9.47. The first-order chi connectivity index (χ1) is 10.4. The van der Waals surface area contributed by atoms with Crippen LogP contribution < -0.4 is 25.3 Å². The summed E-state index contributed by atoms with van der Waals surface area (Å²) in [5.41, 5.74) is 5.94. The summed E-state index contributed by atoms with van der Waals surface area (Å²) in [4.78, 5) is 12.2. The van der Waals surface area contributed by atoms with Crippen LogP contribution >= 0.6 is 12.4 Å². The topological polar surface area (TPSA) is 82.8 Å². The SMILES string of the molecule is CCCC(C)(N)C(=O)NCc1cc(OC)c(OC)cc1OC.Cl. The zero-order valence-electron chi connectivity index (χ0n) is 14.4. The minimum atomic E-state index is -0.876. The average Bonchev–Trinajstić information content (AvgIpc) is 2.51. The molecule has 7 heteroatoms. The van der Waals surface area contributed by atoms with E-state index < -0.39 is 5.54 Å². The van der Waals surface area contributed by atoms with Crippen LogP contribution in [-0.4, -0.2) is 32.8 Å². The Bertz CT molecular complexity index is 521. The third kappa shape index (κ3) is 5.48. The van der Waals surface area contributed by atoms with Gasteiger partial charge in [-0.25, -0.2) is 0 Å². The molecule has 0 aliphatic rings. The largest absolute Gasteiger partial charge is 0.496 e. The molecular formula is C16H27ClN2O4. The normalized spacial score (nSPS) is 12.6. The van der Waals surface area contributed by atoms with E-state index in [9.17, 15) is 4.79 Å². The van der Waals surface area contributed by atoms with Crippen molar-refractivity contribution in [3.05, 3.63) is 17.7 Å². The highest BCUT2D eigenvalue weighted by Gasteiger charge is 2.27. The summed E-state index contributed by atoms with van der Waals surface area (Å²) in [5, 5.41) is 2.85. The molecule has 23 heavy (non-hydrogen) atoms. The number of carbonyl (C=O) groups excluding carboxylic acids is 1. The third-order valence-corrected chi connectivity index (χ3v) is 3.51. The number of benzene rings is 1. The molecule has 1 rings (SSSR count). The molecule has 1 aromatic carbocycles. The first kappa shape index (κ1) is 21.3. The Morgan fingerprint density at radius 1 is 1.13 bits per heavy atom. The average molecular weight is 347 g/mol. The molecule has 0 spiro atoms. The van der Waals surface area contributed by atoms with Crippen LogP contribution in [0.5, 0.6) is 17.2 Å². The van der Waals surface area contributed by atoms with E-state index in [1.165, 1.54) is 0 Å². The Balaban J connectivity index is 0.00000484. The van der Waals surface area contributed by atoms with Gasteiger partial charge in [-0.1, -0.05) is 13.3 Å². The molecule has 1 amide bonds. The van der Waals surface area contributed by atoms with Gasteiger partial charge in [0.2, 0.25) is 5.91 Å². The lowest BCUT2D eigenvalue weighted by Gasteiger charge is -2.23. The molecule has 0 saturated carbocycles. The molecule has 132 valence electrons. The fourth-order valence-corrected chi connectivity index (χ4v) is 2.24. The predicted molar refractivity (Wildman–Crippen MR) is 92.7 cm³/mol. The van der Waals surface area contributed by atoms with E-state index in [0.717, 1.165) is 12.0 Å². The lowest BCUT2D eigenvalue weighted by molar-refractivity contribution is -0.126. The molecule has 0 aromatic heterocycles. The molecular weight excluding hydrogens is 320 g/mol. The van der Waals surface area contributed by atoms with E-state index in [4.69, 9.17) is 19.9 Å². The Morgan fingerprint density at radius 3 is 2.13 bits per heavy atom. The molecule has 1 atom stereocenters. The van der Waals surface area contributed by atoms with Gasteiger partial charge in [0.05, 0.1) is 26.9 Å². The number of hydrogen-bond donors (Lipinski definition) is 2. The van der Waals surface area contributed by atoms with Crippen LogP contribution in [-0.2, 0) is 11.3 Å². The van der Waals surface area contributed by atoms with Gasteiger partial charge in [0.25, 0.3) is 0 Å². The maximum Gasteiger partial charge on any atom is 0.240 e. The Labute approximate surface area is 144 Å². The van der Waals surface area contributed by atoms with Gasteiger partial charge in [0, 0.05) is 18.2 Å². The fraction of sp³-hybridized carbons (Fsp3) is 0.562. The first-order valence-electron chi connectivity index (χ1n) is 7.25. The molecule has 0 radical (unpaired) electrons. The summed E-state index contributed by atoms with van der Waals surface area (Å²) >= 11 is 0. The van der Waals surface area contributed by atoms with Gasteiger partial charge in [0.15, 0.2) is 11.5 Å². The molecule has 1 unspecified atom stereocenters. The Morgan fingerprint density at radius 2 is 1.65 bits per heavy atom. The van der Waals surface area contributed by atoms with Crippen LogP contribution in [0.2, 0.25) is 0 Å². The van der Waals surface area contributed by atoms with E-state index >= 15 is 0 Å². The van der Waals surface area contributed by atoms with Crippen molar-refractivity contribution >= 4 is 18.3 Å². The van der Waals surface area contributed by atoms with Crippen molar-refractivity contribution in [2.75, 3.05) is 21.3 Å². The maximum atomic E-state index is 12.2. The first-order valence-corrected chi connectivity index (χ1v) is 7.25. The van der Waals surface area contributed by atoms with E-state index in [0.29, 0.717) is 30.2 Å². The van der Waals surface area contributed by atoms with Gasteiger partial charge in [-0.05, 0) is 19.4 Å². The second-order valence-corrected chi connectivity index (χ2v) is 5.37. The molecule has 0 heterocycles. The second-order valence-electron chi connectivity index (χ2n) is 5.37. The van der Waals surface area contributed by atoms with Crippen LogP contribution in [0.4, 0.5) is 0 Å². The van der Waals surface area contributed by atoms with Gasteiger partial charge >= 0.3 is 0 Å². The number of halogens is 1. The van der Waals surface area contributed by atoms with Gasteiger partial charge < -0.3 is 25.3 Å². The van der Waals surface area contributed by atoms with Crippen molar-refractivity contribution in [3.63, 3.8) is 0 Å². The highest BCUT2D eigenvalue weighted by Crippen LogP contribution is 2.34. The number of methoxy groups -OCH3 is 3. The Kier molecular flexibility index (Phi) is 8.79. The third-order valence-electron chi connectivity index (χ3n) is 3.51. The van der Waals surface area contributed by atoms with Crippen LogP contribution in [0.3, 0.4) is 0 Å². The lowest BCUT2D eigenvalue weighted by Crippen LogP contribution is -2.51. The molecule has 0 saturated heterocycles. The van der Waals surface area contributed by atoms with Gasteiger partial charge in [0.1, 0.15) is 5.75 Å². The van der Waals surface area contributed by atoms with Crippen LogP contribution in [0.15, 0.2) is 12.1 Å². The maximum absolute atomic E-state index is 12.2. The molecule has 3 N–H and O–H groups in total. The van der Waals surface area contributed by atoms with E-state index in [-0.39, 0.29) is 18.3 Å². The Hall–Kier alpha value is -1.66. The monoisotopic (exact) mass is 346 g/mol. The van der Waals surface area contributed by atoms with E-state index in [2.05, 4.69) is 5.32 Å². The molecule has 0 aliphatic carbocycles. The number of ether oxygens (including phenoxy) is 3. The molecule has 0 aliphatic heterocycles. The van der Waals surface area contributed by atoms with Crippen LogP contribution in [0.1, 0.15) is 32.3 Å². The molecule has 0 fully saturated rings. The summed E-state index contributed by atoms with van der Waals surface area (Å²) in [6.07, 6.45) is 1.47. The smallest absolute Gasteiger partial charge is 0.240 e. The minimum absolute atomic E-state index is 0. The summed E-state index contributed by atoms with van der Waals surface area (Å²) in [7, 11) is 4.69. The number of carbonyl (C=O) groups is 1. The van der Waals surface area contributed by atoms with Crippen LogP contribution in [0.25, 0.3) is 0 Å². The zero-order valence-corrected chi connectivity index (χ0v) is 15.2. The number of hydrogen-bond acceptors (Lipinski definition) is 5. The van der Waals surface area contributed by atoms with Gasteiger partial charge in [-0.2, -0.15) is 0 Å². The summed E-state index contributed by atoms with van der Waals surface area (Å²) in [6.45, 7) is 4.03. The minimum Gasteiger partial charge on any atom is -0.496 e. The van der Waals surface area contributed by atoms with Crippen molar-refractivity contribution in [1.82, 2.24) is 5.32 Å². The highest BCUT2D eigenvalue weighted by molar-refractivity contribution is 5.85. The van der Waals surface area contributed by atoms with Crippen molar-refractivity contribution < 1.29 is 19.0 Å². The lowest BCUT2D eigenvalue weighted by atomic mass is 9.96. The van der Waals surface area contributed by atoms with Gasteiger partial charge in [-0.15, -0.1) is 12.4 Å². The molecule has 6 nitrogen and oxygen atoms in total. The van der Waals surface area contributed by atoms with Crippen molar-refractivity contribution in [2.24, 2.45) is 5.73 Å². The summed E-state index contributed by atoms with van der Waals surface area (Å²) in [5.74, 6) is 1.58. The number of nitrogens with one attached hydrogen (secondary N) is 1. The number of amides is 1. The number of rotatable bonds is 8. The van der Waals surface area contributed by atoms with Gasteiger partial charge in [-0.3, -0.25) is 4.79 Å². The number of nitrogens with two attached hydrogens (primary N) is 1. The summed E-state index contributed by atoms with van der Waals surface area (Å²) < 4.78 is 15.8. The van der Waals surface area contributed by atoms with E-state index in [1.807, 2.05) is 6.92 Å². The quantitative estimate of drug-likeness (QED) is 0.754. The summed E-state index contributed by atoms with van der Waals surface area (Å²) in [6, 6.07) is 3.51. The van der Waals surface area contributed by atoms with Crippen molar-refractivity contribution in [2.45, 2.75) is 38.8 Å². The van der Waals surface area contributed by atoms with Crippen molar-refractivity contribution in [1.29, 1.82) is 0 Å². The van der Waals surface area contributed by atoms with Crippen LogP contribution in [0, 0.1) is 0 Å². The van der Waals surface area contributed by atoms with Crippen molar-refractivity contribution in [3.8, 4) is 17.2 Å². The predicted octanol–water partition coefficient (Wildman–Crippen LogP) is 2.27. The molecule has 0 bridgehead atoms. The fourth-order valence-electron chi connectivity index (χ4n) is 2.24. The highest BCUT2D eigenvalue weighted by atomic mass is 35.5.